The van der Waals surface area contributed by atoms with Gasteiger partial charge in [0.25, 0.3) is 0 Å². The van der Waals surface area contributed by atoms with Crippen LogP contribution in [0.15, 0.2) is 16.7 Å². The van der Waals surface area contributed by atoms with Crippen molar-refractivity contribution < 1.29 is 23.0 Å². The van der Waals surface area contributed by atoms with E-state index in [0.717, 1.165) is 6.07 Å². The van der Waals surface area contributed by atoms with Gasteiger partial charge in [0.1, 0.15) is 4.60 Å². The first-order chi connectivity index (χ1) is 7.20. The normalized spacial score (nSPS) is 15.7. The van der Waals surface area contributed by atoms with Gasteiger partial charge >= 0.3 is 6.18 Å². The molecule has 0 aliphatic rings. The van der Waals surface area contributed by atoms with Gasteiger partial charge in [-0.2, -0.15) is 13.2 Å². The highest BCUT2D eigenvalue weighted by Gasteiger charge is 2.52. The van der Waals surface area contributed by atoms with Gasteiger partial charge in [0.15, 0.2) is 11.4 Å². The molecule has 0 bridgehead atoms. The number of hydrogen-bond acceptors (Lipinski definition) is 3. The van der Waals surface area contributed by atoms with E-state index in [1.807, 2.05) is 0 Å². The Balaban J connectivity index is 3.20. The molecule has 90 valence electrons. The number of aliphatic hydroxyl groups is 1. The lowest BCUT2D eigenvalue weighted by molar-refractivity contribution is -0.260. The molecule has 0 aromatic carbocycles. The number of methoxy groups -OCH3 is 1. The summed E-state index contributed by atoms with van der Waals surface area (Å²) < 4.78 is 42.4. The van der Waals surface area contributed by atoms with Crippen molar-refractivity contribution in [3.8, 4) is 5.75 Å². The zero-order valence-electron chi connectivity index (χ0n) is 8.47. The average molecular weight is 300 g/mol. The van der Waals surface area contributed by atoms with Crippen molar-refractivity contribution in [3.63, 3.8) is 0 Å². The molecular weight excluding hydrogens is 291 g/mol. The molecule has 0 saturated heterocycles. The van der Waals surface area contributed by atoms with E-state index in [1.165, 1.54) is 13.2 Å². The average Bonchev–Trinajstić information content (AvgIpc) is 2.15. The van der Waals surface area contributed by atoms with E-state index in [4.69, 9.17) is 4.74 Å². The van der Waals surface area contributed by atoms with E-state index in [9.17, 15) is 18.3 Å². The molecule has 1 aromatic rings. The van der Waals surface area contributed by atoms with Gasteiger partial charge in [0, 0.05) is 0 Å². The summed E-state index contributed by atoms with van der Waals surface area (Å²) in [7, 11) is 1.36. The van der Waals surface area contributed by atoms with Gasteiger partial charge in [-0.25, -0.2) is 4.98 Å². The Morgan fingerprint density at radius 3 is 2.31 bits per heavy atom. The molecular formula is C9H9BrF3NO2. The molecule has 1 unspecified atom stereocenters. The molecule has 1 rings (SSSR count). The number of ether oxygens (including phenoxy) is 1. The molecule has 1 heterocycles. The van der Waals surface area contributed by atoms with Gasteiger partial charge in [-0.1, -0.05) is 0 Å². The smallest absolute Gasteiger partial charge is 0.422 e. The maximum absolute atomic E-state index is 12.5. The van der Waals surface area contributed by atoms with Crippen LogP contribution >= 0.6 is 15.9 Å². The lowest BCUT2D eigenvalue weighted by Crippen LogP contribution is -2.40. The molecule has 16 heavy (non-hydrogen) atoms. The summed E-state index contributed by atoms with van der Waals surface area (Å²) in [6, 6.07) is 2.36. The molecule has 7 heteroatoms. The van der Waals surface area contributed by atoms with Crippen LogP contribution in [-0.2, 0) is 5.60 Å². The van der Waals surface area contributed by atoms with E-state index in [-0.39, 0.29) is 4.60 Å². The Morgan fingerprint density at radius 2 is 1.94 bits per heavy atom. The number of pyridine rings is 1. The van der Waals surface area contributed by atoms with Crippen molar-refractivity contribution in [3.05, 3.63) is 22.4 Å². The van der Waals surface area contributed by atoms with Crippen LogP contribution in [0.3, 0.4) is 0 Å². The maximum Gasteiger partial charge on any atom is 0.422 e. The summed E-state index contributed by atoms with van der Waals surface area (Å²) in [6.45, 7) is 0.647. The summed E-state index contributed by atoms with van der Waals surface area (Å²) in [5.41, 5.74) is -3.48. The number of aromatic nitrogens is 1. The zero-order valence-corrected chi connectivity index (χ0v) is 10.1. The minimum absolute atomic E-state index is 0.108. The molecule has 0 fully saturated rings. The molecule has 0 aliphatic carbocycles. The van der Waals surface area contributed by atoms with Crippen LogP contribution in [0.25, 0.3) is 0 Å². The Hall–Kier alpha value is -0.820. The standard InChI is InChI=1S/C9H9BrF3NO2/c1-8(15,9(11,12)13)6-4-3-5(16-2)7(10)14-6/h3-4,15H,1-2H3. The van der Waals surface area contributed by atoms with E-state index in [0.29, 0.717) is 12.7 Å². The lowest BCUT2D eigenvalue weighted by Gasteiger charge is -2.25. The van der Waals surface area contributed by atoms with Crippen LogP contribution in [0.2, 0.25) is 0 Å². The summed E-state index contributed by atoms with van der Waals surface area (Å²) in [4.78, 5) is 3.60. The predicted octanol–water partition coefficient (Wildman–Crippen LogP) is 2.62. The molecule has 0 amide bonds. The van der Waals surface area contributed by atoms with Gasteiger partial charge in [-0.05, 0) is 35.0 Å². The zero-order chi connectivity index (χ0) is 12.6. The quantitative estimate of drug-likeness (QED) is 0.854. The van der Waals surface area contributed by atoms with Crippen LogP contribution in [0.4, 0.5) is 13.2 Å². The first kappa shape index (κ1) is 13.2. The van der Waals surface area contributed by atoms with E-state index in [2.05, 4.69) is 20.9 Å². The highest BCUT2D eigenvalue weighted by molar-refractivity contribution is 9.10. The molecule has 1 aromatic heterocycles. The monoisotopic (exact) mass is 299 g/mol. The summed E-state index contributed by atoms with van der Waals surface area (Å²) in [6.07, 6.45) is -4.78. The molecule has 0 saturated carbocycles. The molecule has 1 atom stereocenters. The Labute approximate surface area is 98.4 Å². The van der Waals surface area contributed by atoms with Gasteiger partial charge in [-0.3, -0.25) is 0 Å². The largest absolute Gasteiger partial charge is 0.494 e. The Kier molecular flexibility index (Phi) is 3.49. The molecule has 1 N–H and O–H groups in total. The van der Waals surface area contributed by atoms with Crippen LogP contribution < -0.4 is 4.74 Å². The fourth-order valence-corrected chi connectivity index (χ4v) is 1.48. The highest BCUT2D eigenvalue weighted by atomic mass is 79.9. The SMILES string of the molecule is COc1ccc(C(C)(O)C(F)(F)F)nc1Br. The minimum atomic E-state index is -4.78. The Morgan fingerprint density at radius 1 is 1.38 bits per heavy atom. The fraction of sp³-hybridized carbons (Fsp3) is 0.444. The third-order valence-electron chi connectivity index (χ3n) is 2.09. The van der Waals surface area contributed by atoms with Gasteiger partial charge in [0.2, 0.25) is 0 Å². The molecule has 0 radical (unpaired) electrons. The van der Waals surface area contributed by atoms with Gasteiger partial charge < -0.3 is 9.84 Å². The molecule has 0 spiro atoms. The van der Waals surface area contributed by atoms with Crippen LogP contribution in [0.1, 0.15) is 12.6 Å². The van der Waals surface area contributed by atoms with Crippen LogP contribution in [0.5, 0.6) is 5.75 Å². The summed E-state index contributed by atoms with van der Waals surface area (Å²) in [5.74, 6) is 0.293. The first-order valence-corrected chi connectivity index (χ1v) is 4.99. The summed E-state index contributed by atoms with van der Waals surface area (Å²) in [5, 5.41) is 9.36. The number of hydrogen-bond donors (Lipinski definition) is 1. The molecule has 3 nitrogen and oxygen atoms in total. The van der Waals surface area contributed by atoms with E-state index in [1.54, 1.807) is 0 Å². The van der Waals surface area contributed by atoms with Crippen molar-refractivity contribution in [1.82, 2.24) is 4.98 Å². The topological polar surface area (TPSA) is 42.4 Å². The van der Waals surface area contributed by atoms with Crippen molar-refractivity contribution in [1.29, 1.82) is 0 Å². The first-order valence-electron chi connectivity index (χ1n) is 4.20. The van der Waals surface area contributed by atoms with E-state index >= 15 is 0 Å². The number of nitrogens with zero attached hydrogens (tertiary/aromatic N) is 1. The minimum Gasteiger partial charge on any atom is -0.494 e. The fourth-order valence-electron chi connectivity index (χ4n) is 0.990. The lowest BCUT2D eigenvalue weighted by atomic mass is 10.0. The number of alkyl halides is 3. The van der Waals surface area contributed by atoms with Crippen molar-refractivity contribution in [2.75, 3.05) is 7.11 Å². The second-order valence-electron chi connectivity index (χ2n) is 3.26. The number of halogens is 4. The van der Waals surface area contributed by atoms with Crippen molar-refractivity contribution >= 4 is 15.9 Å². The predicted molar refractivity (Wildman–Crippen MR) is 54.1 cm³/mol. The second-order valence-corrected chi connectivity index (χ2v) is 4.01. The van der Waals surface area contributed by atoms with E-state index < -0.39 is 17.5 Å². The Bertz CT molecular complexity index is 393. The third kappa shape index (κ3) is 2.30. The summed E-state index contributed by atoms with van der Waals surface area (Å²) >= 11 is 2.95. The number of rotatable bonds is 2. The highest BCUT2D eigenvalue weighted by Crippen LogP contribution is 2.38. The molecule has 0 aliphatic heterocycles. The van der Waals surface area contributed by atoms with Gasteiger partial charge in [-0.15, -0.1) is 0 Å². The third-order valence-corrected chi connectivity index (χ3v) is 2.65. The van der Waals surface area contributed by atoms with Gasteiger partial charge in [0.05, 0.1) is 12.8 Å². The van der Waals surface area contributed by atoms with Crippen LogP contribution in [-0.4, -0.2) is 23.4 Å². The second kappa shape index (κ2) is 4.21. The maximum atomic E-state index is 12.5. The van der Waals surface area contributed by atoms with Crippen molar-refractivity contribution in [2.24, 2.45) is 0 Å². The van der Waals surface area contributed by atoms with Crippen LogP contribution in [0, 0.1) is 0 Å². The van der Waals surface area contributed by atoms with Crippen molar-refractivity contribution in [2.45, 2.75) is 18.7 Å².